The van der Waals surface area contributed by atoms with Crippen LogP contribution in [0, 0.1) is 24.0 Å². The van der Waals surface area contributed by atoms with Gasteiger partial charge in [-0.25, -0.2) is 10.2 Å². The second-order valence-corrected chi connectivity index (χ2v) is 7.80. The molecule has 12 heteroatoms. The van der Waals surface area contributed by atoms with Gasteiger partial charge in [0.25, 0.3) is 11.6 Å². The summed E-state index contributed by atoms with van der Waals surface area (Å²) in [4.78, 5) is 35.1. The molecule has 0 saturated carbocycles. The highest BCUT2D eigenvalue weighted by atomic mass is 79.9. The van der Waals surface area contributed by atoms with Crippen molar-refractivity contribution in [1.82, 2.24) is 15.2 Å². The van der Waals surface area contributed by atoms with E-state index in [4.69, 9.17) is 9.47 Å². The third-order valence-electron chi connectivity index (χ3n) is 4.70. The number of carbonyl (C=O) groups is 2. The van der Waals surface area contributed by atoms with E-state index < -0.39 is 10.9 Å². The second kappa shape index (κ2) is 10.7. The van der Waals surface area contributed by atoms with Crippen LogP contribution in [0.3, 0.4) is 0 Å². The molecule has 0 aliphatic rings. The first-order valence-corrected chi connectivity index (χ1v) is 10.7. The summed E-state index contributed by atoms with van der Waals surface area (Å²) >= 11 is 3.41. The van der Waals surface area contributed by atoms with Gasteiger partial charge in [0.15, 0.2) is 11.5 Å². The molecule has 1 heterocycles. The number of aromatic nitrogens is 2. The number of amides is 1. The smallest absolute Gasteiger partial charge is 0.350 e. The standard InChI is InChI=1S/C22H20BrN5O6/c1-13-21(23)14(2)27(26-13)12-20(29)25-24-11-15-8-9-18(19(10-15)33-3)34-22(30)16-6-4-5-7-17(16)28(31)32/h4-11H,12H2,1-3H3,(H,25,29)/b24-11+. The van der Waals surface area contributed by atoms with E-state index in [0.717, 1.165) is 15.9 Å². The lowest BCUT2D eigenvalue weighted by molar-refractivity contribution is -0.385. The first kappa shape index (κ1) is 24.6. The van der Waals surface area contributed by atoms with Crippen LogP contribution < -0.4 is 14.9 Å². The largest absolute Gasteiger partial charge is 0.493 e. The van der Waals surface area contributed by atoms with Crippen molar-refractivity contribution in [2.75, 3.05) is 7.11 Å². The predicted octanol–water partition coefficient (Wildman–Crippen LogP) is 3.55. The third kappa shape index (κ3) is 5.64. The summed E-state index contributed by atoms with van der Waals surface area (Å²) in [5.74, 6) is -0.983. The van der Waals surface area contributed by atoms with E-state index in [2.05, 4.69) is 31.6 Å². The fourth-order valence-electron chi connectivity index (χ4n) is 2.99. The van der Waals surface area contributed by atoms with Gasteiger partial charge in [-0.2, -0.15) is 10.2 Å². The lowest BCUT2D eigenvalue weighted by atomic mass is 10.2. The van der Waals surface area contributed by atoms with E-state index in [1.165, 1.54) is 49.7 Å². The summed E-state index contributed by atoms with van der Waals surface area (Å²) in [6.45, 7) is 3.68. The van der Waals surface area contributed by atoms with Crippen LogP contribution in [0.4, 0.5) is 5.69 Å². The molecule has 34 heavy (non-hydrogen) atoms. The Hall–Kier alpha value is -4.06. The van der Waals surface area contributed by atoms with Crippen LogP contribution in [-0.4, -0.2) is 39.9 Å². The van der Waals surface area contributed by atoms with Crippen LogP contribution in [-0.2, 0) is 11.3 Å². The Morgan fingerprint density at radius 3 is 2.62 bits per heavy atom. The van der Waals surface area contributed by atoms with E-state index in [0.29, 0.717) is 5.56 Å². The average molecular weight is 530 g/mol. The summed E-state index contributed by atoms with van der Waals surface area (Å²) in [5.41, 5.74) is 4.04. The molecule has 1 aromatic heterocycles. The number of nitro benzene ring substituents is 1. The minimum atomic E-state index is -0.893. The Labute approximate surface area is 202 Å². The first-order valence-electron chi connectivity index (χ1n) is 9.86. The number of methoxy groups -OCH3 is 1. The van der Waals surface area contributed by atoms with E-state index in [-0.39, 0.29) is 35.2 Å². The predicted molar refractivity (Wildman–Crippen MR) is 126 cm³/mol. The molecule has 0 unspecified atom stereocenters. The molecule has 0 fully saturated rings. The quantitative estimate of drug-likeness (QED) is 0.155. The van der Waals surface area contributed by atoms with Gasteiger partial charge in [-0.05, 0) is 59.6 Å². The van der Waals surface area contributed by atoms with E-state index in [1.54, 1.807) is 10.7 Å². The van der Waals surface area contributed by atoms with Gasteiger partial charge < -0.3 is 9.47 Å². The third-order valence-corrected chi connectivity index (χ3v) is 5.85. The molecule has 176 valence electrons. The first-order chi connectivity index (χ1) is 16.2. The summed E-state index contributed by atoms with van der Waals surface area (Å²) in [5, 5.41) is 19.3. The molecule has 0 bridgehead atoms. The minimum absolute atomic E-state index is 0.000549. The fourth-order valence-corrected chi connectivity index (χ4v) is 3.27. The molecular weight excluding hydrogens is 510 g/mol. The fraction of sp³-hybridized carbons (Fsp3) is 0.182. The van der Waals surface area contributed by atoms with Crippen molar-refractivity contribution in [2.45, 2.75) is 20.4 Å². The number of nitrogens with zero attached hydrogens (tertiary/aromatic N) is 4. The SMILES string of the molecule is COc1cc(/C=N/NC(=O)Cn2nc(C)c(Br)c2C)ccc1OC(=O)c1ccccc1[N+](=O)[O-]. The van der Waals surface area contributed by atoms with Crippen LogP contribution in [0.15, 0.2) is 52.0 Å². The van der Waals surface area contributed by atoms with Crippen molar-refractivity contribution in [3.05, 3.63) is 79.6 Å². The van der Waals surface area contributed by atoms with Crippen molar-refractivity contribution < 1.29 is 24.0 Å². The molecule has 2 aromatic carbocycles. The number of carbonyl (C=O) groups excluding carboxylic acids is 2. The molecule has 1 N–H and O–H groups in total. The van der Waals surface area contributed by atoms with Crippen LogP contribution in [0.5, 0.6) is 11.5 Å². The Morgan fingerprint density at radius 1 is 1.24 bits per heavy atom. The normalized spacial score (nSPS) is 10.8. The van der Waals surface area contributed by atoms with Crippen molar-refractivity contribution in [3.8, 4) is 11.5 Å². The van der Waals surface area contributed by atoms with Gasteiger partial charge in [0.1, 0.15) is 12.1 Å². The Balaban J connectivity index is 1.67. The topological polar surface area (TPSA) is 138 Å². The average Bonchev–Trinajstić information content (AvgIpc) is 3.06. The maximum atomic E-state index is 12.5. The maximum absolute atomic E-state index is 12.5. The Kier molecular flexibility index (Phi) is 7.74. The highest BCUT2D eigenvalue weighted by Gasteiger charge is 2.22. The highest BCUT2D eigenvalue weighted by molar-refractivity contribution is 9.10. The zero-order valence-electron chi connectivity index (χ0n) is 18.4. The van der Waals surface area contributed by atoms with Gasteiger partial charge in [0.05, 0.1) is 34.1 Å². The van der Waals surface area contributed by atoms with Crippen molar-refractivity contribution in [1.29, 1.82) is 0 Å². The number of esters is 1. The molecule has 0 spiro atoms. The number of para-hydroxylation sites is 1. The van der Waals surface area contributed by atoms with Crippen molar-refractivity contribution >= 4 is 39.7 Å². The molecular formula is C22H20BrN5O6. The molecule has 0 saturated heterocycles. The number of nitro groups is 1. The summed E-state index contributed by atoms with van der Waals surface area (Å²) in [6, 6.07) is 10.1. The van der Waals surface area contributed by atoms with Gasteiger partial charge in [0.2, 0.25) is 0 Å². The lowest BCUT2D eigenvalue weighted by Gasteiger charge is -2.10. The van der Waals surface area contributed by atoms with Crippen molar-refractivity contribution in [2.24, 2.45) is 5.10 Å². The zero-order chi connectivity index (χ0) is 24.8. The molecule has 3 rings (SSSR count). The highest BCUT2D eigenvalue weighted by Crippen LogP contribution is 2.29. The van der Waals surface area contributed by atoms with Gasteiger partial charge in [0, 0.05) is 6.07 Å². The van der Waals surface area contributed by atoms with Gasteiger partial charge >= 0.3 is 5.97 Å². The number of aryl methyl sites for hydroxylation is 1. The van der Waals surface area contributed by atoms with Gasteiger partial charge in [-0.1, -0.05) is 12.1 Å². The van der Waals surface area contributed by atoms with Crippen LogP contribution >= 0.6 is 15.9 Å². The van der Waals surface area contributed by atoms with Crippen LogP contribution in [0.25, 0.3) is 0 Å². The molecule has 0 radical (unpaired) electrons. The monoisotopic (exact) mass is 529 g/mol. The van der Waals surface area contributed by atoms with E-state index >= 15 is 0 Å². The number of benzene rings is 2. The molecule has 0 aliphatic heterocycles. The van der Waals surface area contributed by atoms with E-state index in [1.807, 2.05) is 13.8 Å². The number of nitrogens with one attached hydrogen (secondary N) is 1. The molecule has 3 aromatic rings. The second-order valence-electron chi connectivity index (χ2n) is 7.01. The summed E-state index contributed by atoms with van der Waals surface area (Å²) in [7, 11) is 1.38. The minimum Gasteiger partial charge on any atom is -0.493 e. The number of hydrogen-bond donors (Lipinski definition) is 1. The maximum Gasteiger partial charge on any atom is 0.350 e. The van der Waals surface area contributed by atoms with Crippen LogP contribution in [0.2, 0.25) is 0 Å². The van der Waals surface area contributed by atoms with Crippen molar-refractivity contribution in [3.63, 3.8) is 0 Å². The lowest BCUT2D eigenvalue weighted by Crippen LogP contribution is -2.24. The molecule has 0 aliphatic carbocycles. The molecule has 1 amide bonds. The summed E-state index contributed by atoms with van der Waals surface area (Å²) in [6.07, 6.45) is 1.39. The molecule has 0 atom stereocenters. The number of hydrazone groups is 1. The van der Waals surface area contributed by atoms with E-state index in [9.17, 15) is 19.7 Å². The zero-order valence-corrected chi connectivity index (χ0v) is 20.0. The van der Waals surface area contributed by atoms with Gasteiger partial charge in [-0.3, -0.25) is 19.6 Å². The number of hydrogen-bond acceptors (Lipinski definition) is 8. The Bertz CT molecular complexity index is 1290. The van der Waals surface area contributed by atoms with Crippen LogP contribution in [0.1, 0.15) is 27.3 Å². The molecule has 11 nitrogen and oxygen atoms in total. The van der Waals surface area contributed by atoms with Gasteiger partial charge in [-0.15, -0.1) is 0 Å². The number of halogens is 1. The summed E-state index contributed by atoms with van der Waals surface area (Å²) < 4.78 is 13.0. The Morgan fingerprint density at radius 2 is 1.97 bits per heavy atom. The number of rotatable bonds is 8. The number of ether oxygens (including phenoxy) is 2.